The largest absolute Gasteiger partial charge is 0.465 e. The maximum Gasteiger partial charge on any atom is 0.207 e. The van der Waals surface area contributed by atoms with Crippen molar-refractivity contribution in [3.05, 3.63) is 66.1 Å². The zero-order valence-corrected chi connectivity index (χ0v) is 11.0. The van der Waals surface area contributed by atoms with Crippen LogP contribution in [0, 0.1) is 11.5 Å². The number of nitriles is 1. The SMILES string of the molecule is N#CN=C(C=Cc1ccco1)NCCc1ccccc1. The average Bonchev–Trinajstić information content (AvgIpc) is 2.99. The van der Waals surface area contributed by atoms with Gasteiger partial charge in [0.25, 0.3) is 0 Å². The minimum atomic E-state index is 0.528. The van der Waals surface area contributed by atoms with E-state index in [2.05, 4.69) is 22.4 Å². The van der Waals surface area contributed by atoms with Crippen molar-refractivity contribution in [1.82, 2.24) is 5.32 Å². The van der Waals surface area contributed by atoms with E-state index in [0.29, 0.717) is 12.4 Å². The summed E-state index contributed by atoms with van der Waals surface area (Å²) in [7, 11) is 0. The Morgan fingerprint density at radius 2 is 2.10 bits per heavy atom. The third-order valence-electron chi connectivity index (χ3n) is 2.68. The normalized spacial score (nSPS) is 11.4. The predicted molar refractivity (Wildman–Crippen MR) is 78.9 cm³/mol. The van der Waals surface area contributed by atoms with Gasteiger partial charge in [-0.15, -0.1) is 0 Å². The van der Waals surface area contributed by atoms with Gasteiger partial charge >= 0.3 is 0 Å². The van der Waals surface area contributed by atoms with Crippen molar-refractivity contribution in [3.63, 3.8) is 0 Å². The lowest BCUT2D eigenvalue weighted by Crippen LogP contribution is -2.23. The van der Waals surface area contributed by atoms with E-state index < -0.39 is 0 Å². The minimum Gasteiger partial charge on any atom is -0.465 e. The molecule has 0 fully saturated rings. The second-order valence-corrected chi connectivity index (χ2v) is 4.11. The zero-order chi connectivity index (χ0) is 14.0. The number of hydrogen-bond acceptors (Lipinski definition) is 3. The molecule has 0 saturated carbocycles. The fourth-order valence-corrected chi connectivity index (χ4v) is 1.72. The number of nitrogens with zero attached hydrogens (tertiary/aromatic N) is 2. The van der Waals surface area contributed by atoms with Crippen LogP contribution in [0.15, 0.2) is 64.2 Å². The Hall–Kier alpha value is -2.80. The number of hydrogen-bond donors (Lipinski definition) is 1. The van der Waals surface area contributed by atoms with E-state index >= 15 is 0 Å². The van der Waals surface area contributed by atoms with E-state index in [1.165, 1.54) is 5.56 Å². The molecule has 1 aromatic heterocycles. The Bertz CT molecular complexity index is 607. The first-order valence-electron chi connectivity index (χ1n) is 6.34. The molecule has 1 heterocycles. The first kappa shape index (κ1) is 13.6. The molecular weight excluding hydrogens is 250 g/mol. The van der Waals surface area contributed by atoms with Gasteiger partial charge in [-0.25, -0.2) is 0 Å². The summed E-state index contributed by atoms with van der Waals surface area (Å²) >= 11 is 0. The van der Waals surface area contributed by atoms with Crippen LogP contribution in [0.4, 0.5) is 0 Å². The fourth-order valence-electron chi connectivity index (χ4n) is 1.72. The topological polar surface area (TPSA) is 61.3 Å². The van der Waals surface area contributed by atoms with Crippen LogP contribution in [-0.2, 0) is 6.42 Å². The number of furan rings is 1. The third-order valence-corrected chi connectivity index (χ3v) is 2.68. The number of aliphatic imine (C=N–C) groups is 1. The summed E-state index contributed by atoms with van der Waals surface area (Å²) in [5.41, 5.74) is 1.24. The van der Waals surface area contributed by atoms with Crippen molar-refractivity contribution in [2.75, 3.05) is 6.54 Å². The summed E-state index contributed by atoms with van der Waals surface area (Å²) in [4.78, 5) is 3.74. The molecule has 100 valence electrons. The van der Waals surface area contributed by atoms with Crippen molar-refractivity contribution in [1.29, 1.82) is 5.26 Å². The average molecular weight is 265 g/mol. The van der Waals surface area contributed by atoms with Gasteiger partial charge in [0, 0.05) is 6.54 Å². The van der Waals surface area contributed by atoms with Gasteiger partial charge in [0.05, 0.1) is 6.26 Å². The summed E-state index contributed by atoms with van der Waals surface area (Å²) in [5, 5.41) is 11.8. The molecule has 2 aromatic rings. The Labute approximate surface area is 118 Å². The second kappa shape index (κ2) is 7.59. The van der Waals surface area contributed by atoms with Crippen LogP contribution in [0.2, 0.25) is 0 Å². The molecule has 0 radical (unpaired) electrons. The smallest absolute Gasteiger partial charge is 0.207 e. The fraction of sp³-hybridized carbons (Fsp3) is 0.125. The lowest BCUT2D eigenvalue weighted by Gasteiger charge is -2.04. The Balaban J connectivity index is 1.87. The lowest BCUT2D eigenvalue weighted by atomic mass is 10.1. The number of amidine groups is 1. The van der Waals surface area contributed by atoms with Gasteiger partial charge < -0.3 is 9.73 Å². The Morgan fingerprint density at radius 1 is 1.25 bits per heavy atom. The van der Waals surface area contributed by atoms with E-state index in [4.69, 9.17) is 9.68 Å². The molecule has 4 heteroatoms. The molecule has 0 aliphatic rings. The van der Waals surface area contributed by atoms with Crippen molar-refractivity contribution < 1.29 is 4.42 Å². The summed E-state index contributed by atoms with van der Waals surface area (Å²) in [6.45, 7) is 0.715. The molecule has 0 unspecified atom stereocenters. The molecule has 20 heavy (non-hydrogen) atoms. The summed E-state index contributed by atoms with van der Waals surface area (Å²) in [5.74, 6) is 1.25. The maximum absolute atomic E-state index is 8.68. The molecule has 0 amide bonds. The van der Waals surface area contributed by atoms with E-state index in [1.807, 2.05) is 30.3 Å². The molecule has 1 N–H and O–H groups in total. The van der Waals surface area contributed by atoms with E-state index in [9.17, 15) is 0 Å². The molecule has 1 aromatic carbocycles. The molecule has 0 aliphatic carbocycles. The number of nitrogens with one attached hydrogen (secondary N) is 1. The molecule has 0 spiro atoms. The minimum absolute atomic E-state index is 0.528. The highest BCUT2D eigenvalue weighted by molar-refractivity contribution is 5.96. The van der Waals surface area contributed by atoms with E-state index in [0.717, 1.165) is 12.2 Å². The Morgan fingerprint density at radius 3 is 2.80 bits per heavy atom. The van der Waals surface area contributed by atoms with Gasteiger partial charge in [0.15, 0.2) is 0 Å². The van der Waals surface area contributed by atoms with Crippen molar-refractivity contribution >= 4 is 11.9 Å². The third kappa shape index (κ3) is 4.46. The van der Waals surface area contributed by atoms with Crippen LogP contribution in [0.25, 0.3) is 6.08 Å². The van der Waals surface area contributed by atoms with Gasteiger partial charge in [-0.2, -0.15) is 10.3 Å². The van der Waals surface area contributed by atoms with Crippen molar-refractivity contribution in [3.8, 4) is 6.19 Å². The monoisotopic (exact) mass is 265 g/mol. The molecule has 0 bridgehead atoms. The quantitative estimate of drug-likeness (QED) is 0.513. The molecule has 0 aliphatic heterocycles. The standard InChI is InChI=1S/C16H15N3O/c17-13-19-16(9-8-15-7-4-12-20-15)18-11-10-14-5-2-1-3-6-14/h1-9,12H,10-11H2,(H,18,19). The predicted octanol–water partition coefficient (Wildman–Crippen LogP) is 3.00. The molecule has 0 saturated heterocycles. The van der Waals surface area contributed by atoms with Gasteiger partial charge in [0.1, 0.15) is 11.6 Å². The summed E-state index contributed by atoms with van der Waals surface area (Å²) in [6, 6.07) is 13.8. The highest BCUT2D eigenvalue weighted by atomic mass is 16.3. The molecular formula is C16H15N3O. The van der Waals surface area contributed by atoms with Crippen LogP contribution in [0.1, 0.15) is 11.3 Å². The first-order valence-corrected chi connectivity index (χ1v) is 6.34. The van der Waals surface area contributed by atoms with Gasteiger partial charge in [-0.05, 0) is 36.3 Å². The lowest BCUT2D eigenvalue weighted by molar-refractivity contribution is 0.557. The van der Waals surface area contributed by atoms with Crippen LogP contribution < -0.4 is 5.32 Å². The van der Waals surface area contributed by atoms with E-state index in [1.54, 1.807) is 24.6 Å². The first-order chi connectivity index (χ1) is 9.88. The van der Waals surface area contributed by atoms with E-state index in [-0.39, 0.29) is 0 Å². The zero-order valence-electron chi connectivity index (χ0n) is 11.0. The summed E-state index contributed by atoms with van der Waals surface area (Å²) in [6.07, 6.45) is 7.76. The van der Waals surface area contributed by atoms with Crippen LogP contribution >= 0.6 is 0 Å². The second-order valence-electron chi connectivity index (χ2n) is 4.11. The van der Waals surface area contributed by atoms with Gasteiger partial charge in [-0.1, -0.05) is 30.3 Å². The van der Waals surface area contributed by atoms with Crippen LogP contribution in [-0.4, -0.2) is 12.4 Å². The van der Waals surface area contributed by atoms with Crippen LogP contribution in [0.3, 0.4) is 0 Å². The number of rotatable bonds is 5. The maximum atomic E-state index is 8.68. The summed E-state index contributed by atoms with van der Waals surface area (Å²) < 4.78 is 5.18. The highest BCUT2D eigenvalue weighted by Gasteiger charge is 1.96. The Kier molecular flexibility index (Phi) is 5.17. The molecule has 0 atom stereocenters. The van der Waals surface area contributed by atoms with Crippen LogP contribution in [0.5, 0.6) is 0 Å². The van der Waals surface area contributed by atoms with Gasteiger partial charge in [0.2, 0.25) is 6.19 Å². The van der Waals surface area contributed by atoms with Gasteiger partial charge in [-0.3, -0.25) is 0 Å². The van der Waals surface area contributed by atoms with Crippen molar-refractivity contribution in [2.45, 2.75) is 6.42 Å². The molecule has 2 rings (SSSR count). The highest BCUT2D eigenvalue weighted by Crippen LogP contribution is 2.02. The number of benzene rings is 1. The van der Waals surface area contributed by atoms with Crippen molar-refractivity contribution in [2.24, 2.45) is 4.99 Å². The molecule has 4 nitrogen and oxygen atoms in total.